The fourth-order valence-electron chi connectivity index (χ4n) is 3.64. The third-order valence-electron chi connectivity index (χ3n) is 5.27. The summed E-state index contributed by atoms with van der Waals surface area (Å²) in [4.78, 5) is 51.9. The lowest BCUT2D eigenvalue weighted by atomic mass is 9.90. The molecule has 10 heteroatoms. The Kier molecular flexibility index (Phi) is 7.51. The van der Waals surface area contributed by atoms with Crippen LogP contribution in [0.5, 0.6) is 5.75 Å². The van der Waals surface area contributed by atoms with E-state index in [-0.39, 0.29) is 42.1 Å². The second-order valence-electron chi connectivity index (χ2n) is 7.37. The Morgan fingerprint density at radius 3 is 2.84 bits per heavy atom. The van der Waals surface area contributed by atoms with E-state index in [1.807, 2.05) is 6.07 Å². The van der Waals surface area contributed by atoms with E-state index in [1.54, 1.807) is 25.3 Å². The molecule has 1 fully saturated rings. The monoisotopic (exact) mass is 448 g/mol. The molecule has 3 rings (SSSR count). The van der Waals surface area contributed by atoms with Gasteiger partial charge in [-0.3, -0.25) is 19.2 Å². The Labute approximate surface area is 184 Å². The van der Waals surface area contributed by atoms with Crippen molar-refractivity contribution in [1.82, 2.24) is 20.9 Å². The van der Waals surface area contributed by atoms with Gasteiger partial charge in [0.25, 0.3) is 5.91 Å². The van der Waals surface area contributed by atoms with Crippen molar-refractivity contribution in [2.45, 2.75) is 25.3 Å². The highest BCUT2D eigenvalue weighted by molar-refractivity contribution is 6.28. The summed E-state index contributed by atoms with van der Waals surface area (Å²) in [5.41, 5.74) is 1.01. The fourth-order valence-corrected chi connectivity index (χ4v) is 3.82. The molecule has 0 spiro atoms. The summed E-state index contributed by atoms with van der Waals surface area (Å²) in [6.07, 6.45) is 1.64. The number of hydrogen-bond acceptors (Lipinski definition) is 5. The number of hydrogen-bond donors (Lipinski definition) is 4. The van der Waals surface area contributed by atoms with Crippen LogP contribution in [0.1, 0.15) is 29.8 Å². The minimum Gasteiger partial charge on any atom is -0.496 e. The SMILES string of the molecule is COc1cccc2[nH]c(C(=O)NCC(=O)NC(C[C@@H]3CCCNC3=O)C(=O)CCl)cc12. The lowest BCUT2D eigenvalue weighted by Gasteiger charge is -2.26. The van der Waals surface area contributed by atoms with Crippen LogP contribution in [0.4, 0.5) is 0 Å². The molecule has 3 amide bonds. The normalized spacial score (nSPS) is 17.0. The summed E-state index contributed by atoms with van der Waals surface area (Å²) < 4.78 is 5.28. The summed E-state index contributed by atoms with van der Waals surface area (Å²) in [6, 6.07) is 6.15. The molecule has 0 radical (unpaired) electrons. The predicted molar refractivity (Wildman–Crippen MR) is 115 cm³/mol. The maximum atomic E-state index is 12.4. The number of alkyl halides is 1. The number of fused-ring (bicyclic) bond motifs is 1. The van der Waals surface area contributed by atoms with Gasteiger partial charge < -0.3 is 25.7 Å². The summed E-state index contributed by atoms with van der Waals surface area (Å²) in [5.74, 6) is -1.52. The number of rotatable bonds is 9. The standard InChI is InChI=1S/C21H25ClN4O5/c1-31-18-6-2-5-14-13(18)9-16(25-14)21(30)24-11-19(28)26-15(17(27)10-22)8-12-4-3-7-23-20(12)29/h2,5-6,9,12,15,25H,3-4,7-8,10-11H2,1H3,(H,23,29)(H,24,30)(H,26,28)/t12-,15?/m0/s1. The Balaban J connectivity index is 1.58. The second kappa shape index (κ2) is 10.3. The van der Waals surface area contributed by atoms with Crippen LogP contribution >= 0.6 is 11.6 Å². The first-order valence-electron chi connectivity index (χ1n) is 10.0. The molecule has 0 saturated carbocycles. The molecule has 166 valence electrons. The van der Waals surface area contributed by atoms with E-state index >= 15 is 0 Å². The number of methoxy groups -OCH3 is 1. The van der Waals surface area contributed by atoms with Crippen LogP contribution in [0.25, 0.3) is 10.9 Å². The predicted octanol–water partition coefficient (Wildman–Crippen LogP) is 1.12. The van der Waals surface area contributed by atoms with E-state index in [2.05, 4.69) is 20.9 Å². The van der Waals surface area contributed by atoms with E-state index in [4.69, 9.17) is 16.3 Å². The number of halogens is 1. The number of Topliss-reactive ketones (excluding diaryl/α,β-unsaturated/α-hetero) is 1. The molecular weight excluding hydrogens is 424 g/mol. The molecule has 9 nitrogen and oxygen atoms in total. The number of aromatic amines is 1. The number of nitrogens with one attached hydrogen (secondary N) is 4. The smallest absolute Gasteiger partial charge is 0.268 e. The van der Waals surface area contributed by atoms with Gasteiger partial charge in [0.2, 0.25) is 11.8 Å². The molecule has 1 aliphatic heterocycles. The first-order chi connectivity index (χ1) is 14.9. The molecule has 4 N–H and O–H groups in total. The molecule has 1 saturated heterocycles. The molecular formula is C21H25ClN4O5. The molecule has 0 aliphatic carbocycles. The first-order valence-corrected chi connectivity index (χ1v) is 10.6. The van der Waals surface area contributed by atoms with Crippen molar-refractivity contribution in [3.8, 4) is 5.75 Å². The molecule has 2 atom stereocenters. The Morgan fingerprint density at radius 2 is 2.13 bits per heavy atom. The Hall–Kier alpha value is -3.07. The number of piperidine rings is 1. The van der Waals surface area contributed by atoms with E-state index in [9.17, 15) is 19.2 Å². The van der Waals surface area contributed by atoms with E-state index < -0.39 is 17.9 Å². The molecule has 1 aromatic heterocycles. The van der Waals surface area contributed by atoms with Gasteiger partial charge in [-0.2, -0.15) is 0 Å². The average Bonchev–Trinajstić information content (AvgIpc) is 3.22. The number of ketones is 1. The van der Waals surface area contributed by atoms with Crippen LogP contribution in [-0.4, -0.2) is 60.6 Å². The van der Waals surface area contributed by atoms with E-state index in [1.165, 1.54) is 0 Å². The lowest BCUT2D eigenvalue weighted by Crippen LogP contribution is -2.48. The van der Waals surface area contributed by atoms with Crippen LogP contribution in [0, 0.1) is 5.92 Å². The number of aromatic nitrogens is 1. The van der Waals surface area contributed by atoms with E-state index in [0.29, 0.717) is 18.7 Å². The van der Waals surface area contributed by atoms with Gasteiger partial charge in [0.15, 0.2) is 5.78 Å². The minimum atomic E-state index is -0.881. The number of carbonyl (C=O) groups is 4. The van der Waals surface area contributed by atoms with Crippen LogP contribution < -0.4 is 20.7 Å². The number of amides is 3. The van der Waals surface area contributed by atoms with Gasteiger partial charge in [0, 0.05) is 23.4 Å². The lowest BCUT2D eigenvalue weighted by molar-refractivity contribution is -0.130. The van der Waals surface area contributed by atoms with Gasteiger partial charge in [-0.1, -0.05) is 6.07 Å². The van der Waals surface area contributed by atoms with Crippen molar-refractivity contribution in [3.63, 3.8) is 0 Å². The first kappa shape index (κ1) is 22.6. The van der Waals surface area contributed by atoms with Crippen molar-refractivity contribution >= 4 is 46.0 Å². The number of ether oxygens (including phenoxy) is 1. The maximum absolute atomic E-state index is 12.4. The van der Waals surface area contributed by atoms with E-state index in [0.717, 1.165) is 17.3 Å². The van der Waals surface area contributed by atoms with Crippen LogP contribution in [0.3, 0.4) is 0 Å². The average molecular weight is 449 g/mol. The molecule has 1 unspecified atom stereocenters. The zero-order valence-corrected chi connectivity index (χ0v) is 17.9. The van der Waals surface area contributed by atoms with Crippen molar-refractivity contribution < 1.29 is 23.9 Å². The highest BCUT2D eigenvalue weighted by Crippen LogP contribution is 2.25. The van der Waals surface area contributed by atoms with Crippen LogP contribution in [-0.2, 0) is 14.4 Å². The quantitative estimate of drug-likeness (QED) is 0.427. The minimum absolute atomic E-state index is 0.129. The molecule has 2 aromatic rings. The van der Waals surface area contributed by atoms with Gasteiger partial charge >= 0.3 is 0 Å². The number of carbonyl (C=O) groups excluding carboxylic acids is 4. The summed E-state index contributed by atoms with van der Waals surface area (Å²) >= 11 is 5.67. The highest BCUT2D eigenvalue weighted by Gasteiger charge is 2.29. The maximum Gasteiger partial charge on any atom is 0.268 e. The Bertz CT molecular complexity index is 989. The van der Waals surface area contributed by atoms with Crippen molar-refractivity contribution in [1.29, 1.82) is 0 Å². The van der Waals surface area contributed by atoms with Gasteiger partial charge in [0.05, 0.1) is 25.6 Å². The van der Waals surface area contributed by atoms with Gasteiger partial charge in [-0.05, 0) is 37.5 Å². The highest BCUT2D eigenvalue weighted by atomic mass is 35.5. The molecule has 31 heavy (non-hydrogen) atoms. The third kappa shape index (κ3) is 5.55. The fraction of sp³-hybridized carbons (Fsp3) is 0.429. The molecule has 1 aromatic carbocycles. The Morgan fingerprint density at radius 1 is 1.32 bits per heavy atom. The molecule has 0 bridgehead atoms. The summed E-state index contributed by atoms with van der Waals surface area (Å²) in [6.45, 7) is 0.287. The zero-order valence-electron chi connectivity index (χ0n) is 17.1. The van der Waals surface area contributed by atoms with Gasteiger partial charge in [-0.15, -0.1) is 11.6 Å². The van der Waals surface area contributed by atoms with Gasteiger partial charge in [0.1, 0.15) is 11.4 Å². The molecule has 2 heterocycles. The van der Waals surface area contributed by atoms with Crippen LogP contribution in [0.15, 0.2) is 24.3 Å². The number of H-pyrrole nitrogens is 1. The summed E-state index contributed by atoms with van der Waals surface area (Å²) in [7, 11) is 1.54. The van der Waals surface area contributed by atoms with Gasteiger partial charge in [-0.25, -0.2) is 0 Å². The second-order valence-corrected chi connectivity index (χ2v) is 7.64. The topological polar surface area (TPSA) is 129 Å². The number of benzene rings is 1. The summed E-state index contributed by atoms with van der Waals surface area (Å²) in [5, 5.41) is 8.62. The van der Waals surface area contributed by atoms with Crippen molar-refractivity contribution in [3.05, 3.63) is 30.0 Å². The zero-order chi connectivity index (χ0) is 22.4. The molecule has 1 aliphatic rings. The largest absolute Gasteiger partial charge is 0.496 e. The van der Waals surface area contributed by atoms with Crippen molar-refractivity contribution in [2.75, 3.05) is 26.1 Å². The third-order valence-corrected chi connectivity index (χ3v) is 5.54. The van der Waals surface area contributed by atoms with Crippen molar-refractivity contribution in [2.24, 2.45) is 5.92 Å². The van der Waals surface area contributed by atoms with Crippen LogP contribution in [0.2, 0.25) is 0 Å².